The number of ketones is 1. The minimum absolute atomic E-state index is 0.107. The minimum atomic E-state index is -0.472. The maximum absolute atomic E-state index is 11.4. The van der Waals surface area contributed by atoms with Crippen molar-refractivity contribution in [2.75, 3.05) is 7.11 Å². The molecule has 0 fully saturated rings. The summed E-state index contributed by atoms with van der Waals surface area (Å²) in [7, 11) is 1.58. The largest absolute Gasteiger partial charge is 0.497 e. The Bertz CT molecular complexity index is 629. The number of methoxy groups -OCH3 is 1. The van der Waals surface area contributed by atoms with Gasteiger partial charge in [-0.2, -0.15) is 5.10 Å². The quantitative estimate of drug-likeness (QED) is 0.833. The van der Waals surface area contributed by atoms with Gasteiger partial charge in [0.1, 0.15) is 5.75 Å². The topological polar surface area (TPSA) is 72.1 Å². The second kappa shape index (κ2) is 4.83. The van der Waals surface area contributed by atoms with E-state index in [9.17, 15) is 9.59 Å². The van der Waals surface area contributed by atoms with Crippen LogP contribution in [0, 0.1) is 0 Å². The Morgan fingerprint density at radius 1 is 1.28 bits per heavy atom. The van der Waals surface area contributed by atoms with E-state index >= 15 is 0 Å². The van der Waals surface area contributed by atoms with Gasteiger partial charge in [0.25, 0.3) is 5.56 Å². The van der Waals surface area contributed by atoms with Gasteiger partial charge in [-0.15, -0.1) is 0 Å². The lowest BCUT2D eigenvalue weighted by Gasteiger charge is -2.03. The maximum atomic E-state index is 11.4. The molecule has 2 aromatic rings. The first-order chi connectivity index (χ1) is 8.61. The Kier molecular flexibility index (Phi) is 3.23. The summed E-state index contributed by atoms with van der Waals surface area (Å²) >= 11 is 0. The SMILES string of the molecule is COc1ccc(-c2cc(C(C)=O)c(=O)[nH]n2)cc1. The predicted octanol–water partition coefficient (Wildman–Crippen LogP) is 1.65. The van der Waals surface area contributed by atoms with Gasteiger partial charge in [-0.25, -0.2) is 5.10 Å². The molecule has 5 nitrogen and oxygen atoms in total. The number of Topliss-reactive ketones (excluding diaryl/α,β-unsaturated/α-hetero) is 1. The van der Waals surface area contributed by atoms with Crippen LogP contribution in [-0.4, -0.2) is 23.1 Å². The average Bonchev–Trinajstić information content (AvgIpc) is 2.39. The van der Waals surface area contributed by atoms with Crippen molar-refractivity contribution in [1.82, 2.24) is 10.2 Å². The van der Waals surface area contributed by atoms with Crippen LogP contribution in [0.5, 0.6) is 5.75 Å². The Morgan fingerprint density at radius 3 is 2.50 bits per heavy atom. The van der Waals surface area contributed by atoms with E-state index in [0.717, 1.165) is 11.3 Å². The monoisotopic (exact) mass is 244 g/mol. The number of aromatic amines is 1. The fraction of sp³-hybridized carbons (Fsp3) is 0.154. The normalized spacial score (nSPS) is 10.1. The van der Waals surface area contributed by atoms with E-state index < -0.39 is 5.56 Å². The molecule has 92 valence electrons. The zero-order valence-electron chi connectivity index (χ0n) is 10.1. The highest BCUT2D eigenvalue weighted by Gasteiger charge is 2.09. The molecular formula is C13H12N2O3. The highest BCUT2D eigenvalue weighted by atomic mass is 16.5. The molecule has 0 amide bonds. The Labute approximate surface area is 103 Å². The van der Waals surface area contributed by atoms with Gasteiger partial charge in [0.2, 0.25) is 0 Å². The van der Waals surface area contributed by atoms with Gasteiger partial charge in [-0.1, -0.05) is 0 Å². The van der Waals surface area contributed by atoms with E-state index in [2.05, 4.69) is 10.2 Å². The molecule has 18 heavy (non-hydrogen) atoms. The molecule has 5 heteroatoms. The zero-order chi connectivity index (χ0) is 13.1. The summed E-state index contributed by atoms with van der Waals surface area (Å²) in [6, 6.07) is 8.68. The first-order valence-corrected chi connectivity index (χ1v) is 5.37. The van der Waals surface area contributed by atoms with Crippen molar-refractivity contribution in [3.05, 3.63) is 46.2 Å². The summed E-state index contributed by atoms with van der Waals surface area (Å²) in [5.74, 6) is 0.448. The number of rotatable bonds is 3. The van der Waals surface area contributed by atoms with E-state index in [1.54, 1.807) is 19.2 Å². The molecule has 0 bridgehead atoms. The van der Waals surface area contributed by atoms with Crippen LogP contribution < -0.4 is 10.3 Å². The van der Waals surface area contributed by atoms with Crippen molar-refractivity contribution in [2.45, 2.75) is 6.92 Å². The van der Waals surface area contributed by atoms with Crippen molar-refractivity contribution < 1.29 is 9.53 Å². The number of H-pyrrole nitrogens is 1. The molecule has 1 heterocycles. The van der Waals surface area contributed by atoms with Gasteiger partial charge in [0.05, 0.1) is 18.4 Å². The van der Waals surface area contributed by atoms with Gasteiger partial charge >= 0.3 is 0 Å². The third-order valence-electron chi connectivity index (χ3n) is 2.57. The summed E-state index contributed by atoms with van der Waals surface area (Å²) < 4.78 is 5.05. The van der Waals surface area contributed by atoms with Crippen molar-refractivity contribution in [3.63, 3.8) is 0 Å². The molecule has 2 rings (SSSR count). The van der Waals surface area contributed by atoms with Gasteiger partial charge < -0.3 is 4.74 Å². The highest BCUT2D eigenvalue weighted by molar-refractivity contribution is 5.94. The van der Waals surface area contributed by atoms with E-state index in [1.165, 1.54) is 13.0 Å². The van der Waals surface area contributed by atoms with Gasteiger partial charge in [-0.05, 0) is 37.3 Å². The van der Waals surface area contributed by atoms with Crippen molar-refractivity contribution in [3.8, 4) is 17.0 Å². The van der Waals surface area contributed by atoms with E-state index in [-0.39, 0.29) is 11.3 Å². The molecule has 0 saturated heterocycles. The fourth-order valence-electron chi connectivity index (χ4n) is 1.58. The minimum Gasteiger partial charge on any atom is -0.497 e. The Morgan fingerprint density at radius 2 is 1.94 bits per heavy atom. The van der Waals surface area contributed by atoms with E-state index in [1.807, 2.05) is 12.1 Å². The lowest BCUT2D eigenvalue weighted by Crippen LogP contribution is -2.17. The third kappa shape index (κ3) is 2.29. The fourth-order valence-corrected chi connectivity index (χ4v) is 1.58. The van der Waals surface area contributed by atoms with Crippen LogP contribution in [0.4, 0.5) is 0 Å². The zero-order valence-corrected chi connectivity index (χ0v) is 10.1. The molecule has 1 aromatic heterocycles. The van der Waals surface area contributed by atoms with Crippen LogP contribution in [-0.2, 0) is 0 Å². The molecule has 0 unspecified atom stereocenters. The number of aromatic nitrogens is 2. The van der Waals surface area contributed by atoms with Crippen LogP contribution in [0.15, 0.2) is 35.1 Å². The number of nitrogens with one attached hydrogen (secondary N) is 1. The number of hydrogen-bond donors (Lipinski definition) is 1. The number of carbonyl (C=O) groups is 1. The van der Waals surface area contributed by atoms with Crippen LogP contribution in [0.25, 0.3) is 11.3 Å². The van der Waals surface area contributed by atoms with Crippen molar-refractivity contribution in [1.29, 1.82) is 0 Å². The Balaban J connectivity index is 2.47. The van der Waals surface area contributed by atoms with Crippen LogP contribution in [0.2, 0.25) is 0 Å². The second-order valence-electron chi connectivity index (χ2n) is 3.78. The van der Waals surface area contributed by atoms with Gasteiger partial charge in [-0.3, -0.25) is 9.59 Å². The molecule has 1 N–H and O–H groups in total. The molecule has 0 spiro atoms. The molecule has 0 radical (unpaired) electrons. The number of nitrogens with zero attached hydrogens (tertiary/aromatic N) is 1. The summed E-state index contributed by atoms with van der Waals surface area (Å²) in [5, 5.41) is 6.24. The van der Waals surface area contributed by atoms with Crippen LogP contribution >= 0.6 is 0 Å². The lowest BCUT2D eigenvalue weighted by atomic mass is 10.1. The molecule has 0 aliphatic heterocycles. The summed E-state index contributed by atoms with van der Waals surface area (Å²) in [4.78, 5) is 22.7. The summed E-state index contributed by atoms with van der Waals surface area (Å²) in [5.41, 5.74) is 0.979. The lowest BCUT2D eigenvalue weighted by molar-refractivity contribution is 0.101. The summed E-state index contributed by atoms with van der Waals surface area (Å²) in [6.07, 6.45) is 0. The van der Waals surface area contributed by atoms with Crippen LogP contribution in [0.3, 0.4) is 0 Å². The van der Waals surface area contributed by atoms with E-state index in [4.69, 9.17) is 4.74 Å². The number of hydrogen-bond acceptors (Lipinski definition) is 4. The highest BCUT2D eigenvalue weighted by Crippen LogP contribution is 2.20. The van der Waals surface area contributed by atoms with Gasteiger partial charge in [0.15, 0.2) is 5.78 Å². The first kappa shape index (κ1) is 12.0. The van der Waals surface area contributed by atoms with Gasteiger partial charge in [0, 0.05) is 5.56 Å². The van der Waals surface area contributed by atoms with Crippen molar-refractivity contribution in [2.24, 2.45) is 0 Å². The standard InChI is InChI=1S/C13H12N2O3/c1-8(16)11-7-12(14-15-13(11)17)9-3-5-10(18-2)6-4-9/h3-7H,1-2H3,(H,15,17). The predicted molar refractivity (Wildman–Crippen MR) is 66.9 cm³/mol. The van der Waals surface area contributed by atoms with Crippen LogP contribution in [0.1, 0.15) is 17.3 Å². The summed E-state index contributed by atoms with van der Waals surface area (Å²) in [6.45, 7) is 1.35. The number of carbonyl (C=O) groups excluding carboxylic acids is 1. The van der Waals surface area contributed by atoms with Crippen molar-refractivity contribution >= 4 is 5.78 Å². The van der Waals surface area contributed by atoms with E-state index in [0.29, 0.717) is 5.69 Å². The molecule has 0 saturated carbocycles. The number of benzene rings is 1. The first-order valence-electron chi connectivity index (χ1n) is 5.37. The molecule has 1 aromatic carbocycles. The molecular weight excluding hydrogens is 232 g/mol. The molecule has 0 atom stereocenters. The third-order valence-corrected chi connectivity index (χ3v) is 2.57. The smallest absolute Gasteiger partial charge is 0.275 e. The molecule has 0 aliphatic rings. The maximum Gasteiger partial charge on any atom is 0.275 e. The average molecular weight is 244 g/mol. The Hall–Kier alpha value is -2.43. The number of ether oxygens (including phenoxy) is 1. The second-order valence-corrected chi connectivity index (χ2v) is 3.78. The molecule has 0 aliphatic carbocycles.